The van der Waals surface area contributed by atoms with Crippen molar-refractivity contribution in [1.82, 2.24) is 4.98 Å². The van der Waals surface area contributed by atoms with Crippen LogP contribution in [0.3, 0.4) is 0 Å². The van der Waals surface area contributed by atoms with Gasteiger partial charge in [0.2, 0.25) is 0 Å². The molecule has 8 heteroatoms. The van der Waals surface area contributed by atoms with Crippen molar-refractivity contribution < 1.29 is 14.3 Å². The van der Waals surface area contributed by atoms with E-state index in [4.69, 9.17) is 4.74 Å². The van der Waals surface area contributed by atoms with Crippen molar-refractivity contribution in [2.75, 3.05) is 35.2 Å². The maximum absolute atomic E-state index is 12.0. The zero-order valence-electron chi connectivity index (χ0n) is 16.4. The van der Waals surface area contributed by atoms with E-state index in [-0.39, 0.29) is 12.3 Å². The number of carbonyl (C=O) groups is 2. The fraction of sp³-hybridized carbons (Fsp3) is 0.350. The summed E-state index contributed by atoms with van der Waals surface area (Å²) < 4.78 is 5.03. The summed E-state index contributed by atoms with van der Waals surface area (Å²) in [4.78, 5) is 30.4. The Morgan fingerprint density at radius 3 is 2.64 bits per heavy atom. The highest BCUT2D eigenvalue weighted by molar-refractivity contribution is 7.13. The topological polar surface area (TPSA) is 83.6 Å². The summed E-state index contributed by atoms with van der Waals surface area (Å²) in [5.41, 5.74) is 1.91. The first kappa shape index (κ1) is 21.4. The van der Waals surface area contributed by atoms with Gasteiger partial charge in [-0.1, -0.05) is 6.08 Å². The third-order valence-electron chi connectivity index (χ3n) is 3.89. The van der Waals surface area contributed by atoms with Gasteiger partial charge in [0.05, 0.1) is 0 Å². The van der Waals surface area contributed by atoms with Crippen LogP contribution in [0.5, 0.6) is 0 Å². The molecule has 0 fully saturated rings. The molecule has 1 aromatic heterocycles. The molecule has 28 heavy (non-hydrogen) atoms. The number of nitrogens with zero attached hydrogens (tertiary/aromatic N) is 2. The number of hydrogen-bond acceptors (Lipinski definition) is 7. The third-order valence-corrected chi connectivity index (χ3v) is 4.69. The van der Waals surface area contributed by atoms with Crippen LogP contribution in [0.4, 0.5) is 16.5 Å². The maximum Gasteiger partial charge on any atom is 0.358 e. The Hall–Kier alpha value is -2.87. The average molecular weight is 403 g/mol. The summed E-state index contributed by atoms with van der Waals surface area (Å²) in [7, 11) is 0. The van der Waals surface area contributed by atoms with Crippen molar-refractivity contribution >= 4 is 39.7 Å². The smallest absolute Gasteiger partial charge is 0.358 e. The monoisotopic (exact) mass is 402 g/mol. The van der Waals surface area contributed by atoms with Gasteiger partial charge in [0.25, 0.3) is 5.91 Å². The van der Waals surface area contributed by atoms with E-state index < -0.39 is 11.9 Å². The second-order valence-electron chi connectivity index (χ2n) is 6.26. The molecule has 0 atom stereocenters. The van der Waals surface area contributed by atoms with E-state index in [1.54, 1.807) is 11.5 Å². The van der Waals surface area contributed by atoms with Gasteiger partial charge in [-0.15, -0.1) is 17.9 Å². The van der Waals surface area contributed by atoms with Crippen molar-refractivity contribution in [2.24, 2.45) is 0 Å². The van der Waals surface area contributed by atoms with Gasteiger partial charge in [-0.3, -0.25) is 4.79 Å². The molecule has 2 rings (SSSR count). The standard InChI is InChI=1S/C20H26N4O3S/c1-5-11-21-20-23-17(13-28-20)19(26)27-12-18(25)22-15-7-9-16(10-8-15)24(6-2)14(3)4/h5,7-10,13-14H,1,6,11-12H2,2-4H3,(H,21,23)(H,22,25). The lowest BCUT2D eigenvalue weighted by Gasteiger charge is -2.27. The van der Waals surface area contributed by atoms with Crippen molar-refractivity contribution in [3.05, 3.63) is 48.0 Å². The average Bonchev–Trinajstić information content (AvgIpc) is 3.15. The van der Waals surface area contributed by atoms with E-state index >= 15 is 0 Å². The number of hydrogen-bond donors (Lipinski definition) is 2. The Bertz CT molecular complexity index is 802. The van der Waals surface area contributed by atoms with E-state index in [0.717, 1.165) is 12.2 Å². The minimum atomic E-state index is -0.635. The molecule has 1 heterocycles. The number of carbonyl (C=O) groups excluding carboxylic acids is 2. The Kier molecular flexibility index (Phi) is 8.01. The Morgan fingerprint density at radius 1 is 1.32 bits per heavy atom. The Labute approximate surface area is 169 Å². The largest absolute Gasteiger partial charge is 0.451 e. The molecule has 0 radical (unpaired) electrons. The molecule has 2 N–H and O–H groups in total. The van der Waals surface area contributed by atoms with E-state index in [0.29, 0.717) is 23.4 Å². The van der Waals surface area contributed by atoms with Crippen molar-refractivity contribution in [3.63, 3.8) is 0 Å². The number of thiazole rings is 1. The summed E-state index contributed by atoms with van der Waals surface area (Å²) in [6.45, 7) is 11.1. The minimum absolute atomic E-state index is 0.169. The van der Waals surface area contributed by atoms with Crippen molar-refractivity contribution in [1.29, 1.82) is 0 Å². The summed E-state index contributed by atoms with van der Waals surface area (Å²) in [5.74, 6) is -1.04. The molecular weight excluding hydrogens is 376 g/mol. The van der Waals surface area contributed by atoms with E-state index in [2.05, 4.69) is 47.9 Å². The number of nitrogens with one attached hydrogen (secondary N) is 2. The zero-order chi connectivity index (χ0) is 20.5. The number of aromatic nitrogens is 1. The highest BCUT2D eigenvalue weighted by Gasteiger charge is 2.14. The first-order valence-electron chi connectivity index (χ1n) is 9.08. The molecule has 1 aromatic carbocycles. The lowest BCUT2D eigenvalue weighted by atomic mass is 10.2. The molecule has 7 nitrogen and oxygen atoms in total. The second-order valence-corrected chi connectivity index (χ2v) is 7.12. The van der Waals surface area contributed by atoms with Gasteiger partial charge in [0, 0.05) is 35.9 Å². The lowest BCUT2D eigenvalue weighted by molar-refractivity contribution is -0.119. The number of rotatable bonds is 10. The number of ether oxygens (including phenoxy) is 1. The zero-order valence-corrected chi connectivity index (χ0v) is 17.2. The fourth-order valence-corrected chi connectivity index (χ4v) is 3.28. The number of anilines is 3. The van der Waals surface area contributed by atoms with E-state index in [1.165, 1.54) is 11.3 Å². The summed E-state index contributed by atoms with van der Waals surface area (Å²) in [6.07, 6.45) is 1.69. The molecule has 0 spiro atoms. The molecule has 0 saturated heterocycles. The van der Waals surface area contributed by atoms with Crippen LogP contribution in [-0.4, -0.2) is 42.6 Å². The second kappa shape index (κ2) is 10.5. The van der Waals surface area contributed by atoms with E-state index in [9.17, 15) is 9.59 Å². The SMILES string of the molecule is C=CCNc1nc(C(=O)OCC(=O)Nc2ccc(N(CC)C(C)C)cc2)cs1. The molecule has 0 aliphatic rings. The summed E-state index contributed by atoms with van der Waals surface area (Å²) >= 11 is 1.29. The van der Waals surface area contributed by atoms with Crippen LogP contribution in [0.1, 0.15) is 31.3 Å². The molecule has 0 aliphatic heterocycles. The highest BCUT2D eigenvalue weighted by Crippen LogP contribution is 2.20. The predicted octanol–water partition coefficient (Wildman–Crippen LogP) is 3.77. The van der Waals surface area contributed by atoms with Gasteiger partial charge in [-0.25, -0.2) is 9.78 Å². The van der Waals surface area contributed by atoms with Crippen LogP contribution >= 0.6 is 11.3 Å². The van der Waals surface area contributed by atoms with Crippen LogP contribution < -0.4 is 15.5 Å². The van der Waals surface area contributed by atoms with Crippen LogP contribution in [0.15, 0.2) is 42.3 Å². The van der Waals surface area contributed by atoms with E-state index in [1.807, 2.05) is 24.3 Å². The molecule has 0 aliphatic carbocycles. The number of amides is 1. The van der Waals surface area contributed by atoms with Gasteiger partial charge in [0.1, 0.15) is 0 Å². The molecule has 1 amide bonds. The number of esters is 1. The third kappa shape index (κ3) is 6.09. The van der Waals surface area contributed by atoms with Gasteiger partial charge >= 0.3 is 5.97 Å². The molecule has 0 unspecified atom stereocenters. The van der Waals surface area contributed by atoms with Gasteiger partial charge in [-0.05, 0) is 45.0 Å². The van der Waals surface area contributed by atoms with Crippen LogP contribution in [-0.2, 0) is 9.53 Å². The van der Waals surface area contributed by atoms with Crippen LogP contribution in [0, 0.1) is 0 Å². The first-order valence-corrected chi connectivity index (χ1v) is 9.96. The molecule has 0 saturated carbocycles. The van der Waals surface area contributed by atoms with Crippen LogP contribution in [0.25, 0.3) is 0 Å². The minimum Gasteiger partial charge on any atom is -0.451 e. The Balaban J connectivity index is 1.84. The van der Waals surface area contributed by atoms with Crippen molar-refractivity contribution in [3.8, 4) is 0 Å². The van der Waals surface area contributed by atoms with Gasteiger partial charge in [-0.2, -0.15) is 0 Å². The maximum atomic E-state index is 12.0. The molecule has 2 aromatic rings. The van der Waals surface area contributed by atoms with Crippen molar-refractivity contribution in [2.45, 2.75) is 26.8 Å². The normalized spacial score (nSPS) is 10.4. The van der Waals surface area contributed by atoms with Gasteiger partial charge in [0.15, 0.2) is 17.4 Å². The quantitative estimate of drug-likeness (QED) is 0.465. The fourth-order valence-electron chi connectivity index (χ4n) is 2.59. The number of benzene rings is 1. The van der Waals surface area contributed by atoms with Crippen LogP contribution in [0.2, 0.25) is 0 Å². The summed E-state index contributed by atoms with van der Waals surface area (Å²) in [5, 5.41) is 7.89. The predicted molar refractivity (Wildman–Crippen MR) is 114 cm³/mol. The summed E-state index contributed by atoms with van der Waals surface area (Å²) in [6, 6.07) is 7.97. The Morgan fingerprint density at radius 2 is 2.04 bits per heavy atom. The molecule has 150 valence electrons. The van der Waals surface area contributed by atoms with Gasteiger partial charge < -0.3 is 20.3 Å². The highest BCUT2D eigenvalue weighted by atomic mass is 32.1. The first-order chi connectivity index (χ1) is 13.4. The molecule has 0 bridgehead atoms. The lowest BCUT2D eigenvalue weighted by Crippen LogP contribution is -2.30. The molecular formula is C20H26N4O3S.